The fraction of sp³-hybridized carbons (Fsp3) is 0.500. The molecular weight excluding hydrogens is 382 g/mol. The number of benzene rings is 1. The van der Waals surface area contributed by atoms with Gasteiger partial charge < -0.3 is 15.1 Å². The zero-order valence-corrected chi connectivity index (χ0v) is 15.8. The molecule has 1 saturated heterocycles. The van der Waals surface area contributed by atoms with Gasteiger partial charge in [-0.1, -0.05) is 17.3 Å². The molecular formula is C18H21F4N3OS. The van der Waals surface area contributed by atoms with E-state index in [4.69, 9.17) is 0 Å². The van der Waals surface area contributed by atoms with Crippen molar-refractivity contribution in [3.05, 3.63) is 28.6 Å². The van der Waals surface area contributed by atoms with Crippen LogP contribution in [-0.2, 0) is 11.3 Å². The molecule has 2 atom stereocenters. The Bertz CT molecular complexity index is 821. The molecule has 0 saturated carbocycles. The zero-order chi connectivity index (χ0) is 19.6. The number of hydrogen-bond donors (Lipinski definition) is 1. The molecule has 9 heteroatoms. The highest BCUT2D eigenvalue weighted by atomic mass is 32.1. The summed E-state index contributed by atoms with van der Waals surface area (Å²) in [5, 5.41) is 7.33. The van der Waals surface area contributed by atoms with Crippen molar-refractivity contribution < 1.29 is 22.4 Å². The van der Waals surface area contributed by atoms with Gasteiger partial charge in [0.2, 0.25) is 0 Å². The highest BCUT2D eigenvalue weighted by molar-refractivity contribution is 7.21. The number of thiophene rings is 1. The van der Waals surface area contributed by atoms with Crippen molar-refractivity contribution in [2.45, 2.75) is 31.2 Å². The minimum absolute atomic E-state index is 0.159. The number of nitrogens with zero attached hydrogens (tertiary/aromatic N) is 2. The fourth-order valence-electron chi connectivity index (χ4n) is 3.31. The van der Waals surface area contributed by atoms with Crippen molar-refractivity contribution in [2.24, 2.45) is 5.16 Å². The molecule has 1 aliphatic heterocycles. The Hall–Kier alpha value is -1.87. The average molecular weight is 403 g/mol. The molecule has 148 valence electrons. The van der Waals surface area contributed by atoms with Gasteiger partial charge in [0.25, 0.3) is 0 Å². The molecule has 0 radical (unpaired) electrons. The predicted octanol–water partition coefficient (Wildman–Crippen LogP) is 4.44. The van der Waals surface area contributed by atoms with Gasteiger partial charge in [-0.3, -0.25) is 0 Å². The molecule has 1 N–H and O–H groups in total. The highest BCUT2D eigenvalue weighted by Gasteiger charge is 2.32. The van der Waals surface area contributed by atoms with E-state index in [2.05, 4.69) is 15.3 Å². The number of rotatable bonds is 5. The summed E-state index contributed by atoms with van der Waals surface area (Å²) in [6, 6.07) is 4.76. The van der Waals surface area contributed by atoms with Gasteiger partial charge in [0.1, 0.15) is 13.3 Å². The Labute approximate surface area is 158 Å². The standard InChI is InChI=1S/C18H21F4N3OS/c1-25-7-6-14(13(19)10-25)24-15-5-3-4-11-12(8-18(20,21)22)16(9-23-26-2)27-17(11)15/h3-5,9,13-14,24H,6-8,10H2,1-2H3/b23-9+/t13-,14+/m0/s1. The Kier molecular flexibility index (Phi) is 5.90. The first-order valence-electron chi connectivity index (χ1n) is 8.55. The minimum atomic E-state index is -4.34. The van der Waals surface area contributed by atoms with E-state index in [1.807, 2.05) is 11.9 Å². The summed E-state index contributed by atoms with van der Waals surface area (Å²) in [5.74, 6) is 0. The number of halogens is 4. The lowest BCUT2D eigenvalue weighted by Crippen LogP contribution is -2.46. The van der Waals surface area contributed by atoms with Crippen molar-refractivity contribution in [1.29, 1.82) is 0 Å². The topological polar surface area (TPSA) is 36.9 Å². The van der Waals surface area contributed by atoms with E-state index in [-0.39, 0.29) is 11.6 Å². The van der Waals surface area contributed by atoms with Crippen molar-refractivity contribution in [3.8, 4) is 0 Å². The minimum Gasteiger partial charge on any atom is -0.399 e. The lowest BCUT2D eigenvalue weighted by atomic mass is 10.0. The molecule has 1 aromatic heterocycles. The lowest BCUT2D eigenvalue weighted by molar-refractivity contribution is -0.126. The fourth-order valence-corrected chi connectivity index (χ4v) is 4.47. The first-order chi connectivity index (χ1) is 12.8. The van der Waals surface area contributed by atoms with Gasteiger partial charge in [0.15, 0.2) is 0 Å². The van der Waals surface area contributed by atoms with E-state index in [0.29, 0.717) is 33.6 Å². The van der Waals surface area contributed by atoms with E-state index in [9.17, 15) is 17.6 Å². The summed E-state index contributed by atoms with van der Waals surface area (Å²) in [4.78, 5) is 6.94. The van der Waals surface area contributed by atoms with Gasteiger partial charge in [-0.15, -0.1) is 11.3 Å². The quantitative estimate of drug-likeness (QED) is 0.456. The van der Waals surface area contributed by atoms with Gasteiger partial charge in [0.05, 0.1) is 33.9 Å². The third-order valence-electron chi connectivity index (χ3n) is 4.59. The Morgan fingerprint density at radius 2 is 2.19 bits per heavy atom. The zero-order valence-electron chi connectivity index (χ0n) is 15.0. The molecule has 27 heavy (non-hydrogen) atoms. The number of oxime groups is 1. The number of anilines is 1. The van der Waals surface area contributed by atoms with Crippen molar-refractivity contribution in [2.75, 3.05) is 32.6 Å². The first kappa shape index (κ1) is 19.9. The Morgan fingerprint density at radius 1 is 1.41 bits per heavy atom. The van der Waals surface area contributed by atoms with Crippen LogP contribution in [-0.4, -0.2) is 56.8 Å². The molecule has 0 aliphatic carbocycles. The first-order valence-corrected chi connectivity index (χ1v) is 9.37. The van der Waals surface area contributed by atoms with Gasteiger partial charge in [-0.05, 0) is 30.5 Å². The second kappa shape index (κ2) is 8.02. The van der Waals surface area contributed by atoms with E-state index >= 15 is 0 Å². The van der Waals surface area contributed by atoms with Crippen LogP contribution in [0.2, 0.25) is 0 Å². The molecule has 1 fully saturated rings. The summed E-state index contributed by atoms with van der Waals surface area (Å²) in [7, 11) is 3.20. The van der Waals surface area contributed by atoms with Crippen LogP contribution >= 0.6 is 11.3 Å². The monoisotopic (exact) mass is 403 g/mol. The van der Waals surface area contributed by atoms with E-state index in [1.54, 1.807) is 18.2 Å². The van der Waals surface area contributed by atoms with E-state index < -0.39 is 18.8 Å². The molecule has 0 bridgehead atoms. The largest absolute Gasteiger partial charge is 0.399 e. The maximum atomic E-state index is 14.4. The Balaban J connectivity index is 1.98. The van der Waals surface area contributed by atoms with E-state index in [1.165, 1.54) is 24.7 Å². The van der Waals surface area contributed by atoms with Gasteiger partial charge in [-0.2, -0.15) is 13.2 Å². The normalized spacial score (nSPS) is 21.9. The Morgan fingerprint density at radius 3 is 2.85 bits per heavy atom. The summed E-state index contributed by atoms with van der Waals surface area (Å²) < 4.78 is 54.2. The van der Waals surface area contributed by atoms with E-state index in [0.717, 1.165) is 6.54 Å². The van der Waals surface area contributed by atoms with Crippen molar-refractivity contribution in [1.82, 2.24) is 4.90 Å². The van der Waals surface area contributed by atoms with Crippen LogP contribution in [0.15, 0.2) is 23.4 Å². The maximum absolute atomic E-state index is 14.4. The molecule has 1 aliphatic rings. The van der Waals surface area contributed by atoms with Crippen LogP contribution in [0.25, 0.3) is 10.1 Å². The molecule has 2 heterocycles. The SMILES string of the molecule is CO/N=C/c1sc2c(N[C@@H]3CCN(C)C[C@@H]3F)cccc2c1CC(F)(F)F. The number of likely N-dealkylation sites (tertiary alicyclic amines) is 1. The summed E-state index contributed by atoms with van der Waals surface area (Å²) in [5.41, 5.74) is 0.808. The molecule has 0 spiro atoms. The average Bonchev–Trinajstić information content (AvgIpc) is 2.92. The number of piperidine rings is 1. The van der Waals surface area contributed by atoms with Gasteiger partial charge in [0, 0.05) is 13.1 Å². The summed E-state index contributed by atoms with van der Waals surface area (Å²) in [6.45, 7) is 1.10. The van der Waals surface area contributed by atoms with Crippen LogP contribution < -0.4 is 5.32 Å². The smallest absolute Gasteiger partial charge is 0.393 e. The molecule has 0 unspecified atom stereocenters. The molecule has 2 aromatic rings. The second-order valence-electron chi connectivity index (χ2n) is 6.65. The highest BCUT2D eigenvalue weighted by Crippen LogP contribution is 2.39. The van der Waals surface area contributed by atoms with Crippen LogP contribution in [0.4, 0.5) is 23.2 Å². The van der Waals surface area contributed by atoms with Crippen LogP contribution in [0.1, 0.15) is 16.9 Å². The lowest BCUT2D eigenvalue weighted by Gasteiger charge is -2.33. The number of nitrogens with one attached hydrogen (secondary N) is 1. The maximum Gasteiger partial charge on any atom is 0.393 e. The molecule has 1 aromatic carbocycles. The summed E-state index contributed by atoms with van der Waals surface area (Å²) >= 11 is 1.20. The molecule has 0 amide bonds. The number of hydrogen-bond acceptors (Lipinski definition) is 5. The van der Waals surface area contributed by atoms with Crippen LogP contribution in [0, 0.1) is 0 Å². The van der Waals surface area contributed by atoms with Crippen molar-refractivity contribution >= 4 is 33.3 Å². The van der Waals surface area contributed by atoms with Crippen LogP contribution in [0.5, 0.6) is 0 Å². The predicted molar refractivity (Wildman–Crippen MR) is 101 cm³/mol. The molecule has 4 nitrogen and oxygen atoms in total. The third kappa shape index (κ3) is 4.70. The van der Waals surface area contributed by atoms with Gasteiger partial charge in [-0.25, -0.2) is 4.39 Å². The number of alkyl halides is 4. The van der Waals surface area contributed by atoms with Crippen molar-refractivity contribution in [3.63, 3.8) is 0 Å². The molecule has 3 rings (SSSR count). The van der Waals surface area contributed by atoms with Gasteiger partial charge >= 0.3 is 6.18 Å². The number of fused-ring (bicyclic) bond motifs is 1. The third-order valence-corrected chi connectivity index (χ3v) is 5.80. The summed E-state index contributed by atoms with van der Waals surface area (Å²) in [6.07, 6.45) is -4.51. The van der Waals surface area contributed by atoms with Crippen LogP contribution in [0.3, 0.4) is 0 Å². The second-order valence-corrected chi connectivity index (χ2v) is 7.71.